The topological polar surface area (TPSA) is 224 Å². The number of carbonyl (C=O) groups excluding carboxylic acids is 7. The molecule has 0 aliphatic heterocycles. The molecule has 53 heavy (non-hydrogen) atoms. The molecule has 3 rings (SSSR count). The Bertz CT molecular complexity index is 1780. The molecule has 0 saturated heterocycles. The van der Waals surface area contributed by atoms with E-state index in [0.717, 1.165) is 5.56 Å². The van der Waals surface area contributed by atoms with E-state index in [1.807, 2.05) is 0 Å². The minimum Gasteiger partial charge on any atom is -0.444 e. The second-order valence-corrected chi connectivity index (χ2v) is 13.3. The van der Waals surface area contributed by atoms with Crippen LogP contribution in [0.15, 0.2) is 72.8 Å². The van der Waals surface area contributed by atoms with Crippen LogP contribution in [0.2, 0.25) is 10.0 Å². The number of rotatable bonds is 16. The van der Waals surface area contributed by atoms with E-state index in [2.05, 4.69) is 26.6 Å². The minimum absolute atomic E-state index is 0.000378. The number of primary amides is 1. The number of halogens is 2. The van der Waals surface area contributed by atoms with E-state index in [1.54, 1.807) is 69.3 Å². The summed E-state index contributed by atoms with van der Waals surface area (Å²) in [5, 5.41) is 12.4. The van der Waals surface area contributed by atoms with Gasteiger partial charge < -0.3 is 41.8 Å². The first-order valence-corrected chi connectivity index (χ1v) is 16.9. The van der Waals surface area contributed by atoms with E-state index >= 15 is 0 Å². The maximum absolute atomic E-state index is 13.2. The van der Waals surface area contributed by atoms with Crippen LogP contribution in [-0.4, -0.2) is 78.9 Å². The van der Waals surface area contributed by atoms with E-state index in [0.29, 0.717) is 5.56 Å². The molecule has 7 N–H and O–H groups in total. The third-order valence-electron chi connectivity index (χ3n) is 6.99. The van der Waals surface area contributed by atoms with Gasteiger partial charge in [0.25, 0.3) is 0 Å². The molecule has 0 aliphatic carbocycles. The van der Waals surface area contributed by atoms with Crippen molar-refractivity contribution in [3.8, 4) is 5.75 Å². The lowest BCUT2D eigenvalue weighted by atomic mass is 10.0. The number of amides is 6. The summed E-state index contributed by atoms with van der Waals surface area (Å²) in [5.41, 5.74) is 5.51. The molecule has 0 aliphatic rings. The molecule has 3 aromatic carbocycles. The summed E-state index contributed by atoms with van der Waals surface area (Å²) < 4.78 is 10.7. The van der Waals surface area contributed by atoms with Gasteiger partial charge >= 0.3 is 12.1 Å². The molecule has 0 unspecified atom stereocenters. The van der Waals surface area contributed by atoms with Crippen LogP contribution in [0, 0.1) is 0 Å². The predicted octanol–water partition coefficient (Wildman–Crippen LogP) is 2.21. The van der Waals surface area contributed by atoms with Gasteiger partial charge in [0.15, 0.2) is 0 Å². The normalized spacial score (nSPS) is 11.9. The van der Waals surface area contributed by atoms with Crippen LogP contribution in [0.4, 0.5) is 4.79 Å². The van der Waals surface area contributed by atoms with Gasteiger partial charge in [-0.25, -0.2) is 9.59 Å². The van der Waals surface area contributed by atoms with Gasteiger partial charge in [-0.05, 0) is 56.2 Å². The Morgan fingerprint density at radius 1 is 0.660 bits per heavy atom. The molecule has 0 fully saturated rings. The maximum atomic E-state index is 13.2. The number of carbonyl (C=O) groups is 7. The lowest BCUT2D eigenvalue weighted by Gasteiger charge is -2.23. The molecule has 0 aromatic heterocycles. The largest absolute Gasteiger partial charge is 0.444 e. The second kappa shape index (κ2) is 19.8. The van der Waals surface area contributed by atoms with Gasteiger partial charge in [-0.3, -0.25) is 24.0 Å². The average Bonchev–Trinajstić information content (AvgIpc) is 3.08. The number of esters is 1. The van der Waals surface area contributed by atoms with Gasteiger partial charge in [0, 0.05) is 12.8 Å². The molecule has 17 heteroatoms. The number of hydrogen-bond donors (Lipinski definition) is 6. The predicted molar refractivity (Wildman–Crippen MR) is 195 cm³/mol. The molecular weight excluding hydrogens is 731 g/mol. The number of benzene rings is 3. The first-order valence-electron chi connectivity index (χ1n) is 16.2. The molecule has 0 radical (unpaired) electrons. The third-order valence-corrected chi connectivity index (χ3v) is 7.62. The van der Waals surface area contributed by atoms with Crippen molar-refractivity contribution < 1.29 is 43.0 Å². The zero-order valence-corrected chi connectivity index (χ0v) is 30.6. The highest BCUT2D eigenvalue weighted by molar-refractivity contribution is 6.39. The second-order valence-electron chi connectivity index (χ2n) is 12.5. The summed E-state index contributed by atoms with van der Waals surface area (Å²) in [5.74, 6) is -4.23. The summed E-state index contributed by atoms with van der Waals surface area (Å²) in [6, 6.07) is 17.2. The Morgan fingerprint density at radius 2 is 1.19 bits per heavy atom. The first kappa shape index (κ1) is 41.7. The van der Waals surface area contributed by atoms with Gasteiger partial charge in [-0.15, -0.1) is 0 Å². The van der Waals surface area contributed by atoms with Gasteiger partial charge in [-0.2, -0.15) is 0 Å². The standard InChI is InChI=1S/C36H40Cl2N6O9/c1-36(2,3)53-35(51)44-27(17-22-12-14-23(15-13-22)52-34(50)31-24(37)10-7-11-25(31)38)33(49)42-19-29(46)40-20-30(47)43-26(32(48)41-18-28(39)45)16-21-8-5-4-6-9-21/h4-15,26-27H,16-20H2,1-3H3,(H2,39,45)(H,40,46)(H,41,48)(H,42,49)(H,43,47)(H,44,51)/t26-,27-/m0/s1. The van der Waals surface area contributed by atoms with E-state index in [4.69, 9.17) is 38.4 Å². The first-order chi connectivity index (χ1) is 25.0. The molecule has 0 bridgehead atoms. The number of alkyl carbamates (subject to hydrolysis) is 1. The number of ether oxygens (including phenoxy) is 2. The van der Waals surface area contributed by atoms with Crippen LogP contribution < -0.4 is 37.1 Å². The van der Waals surface area contributed by atoms with Gasteiger partial charge in [-0.1, -0.05) is 71.7 Å². The molecule has 3 aromatic rings. The Balaban J connectivity index is 1.59. The molecule has 15 nitrogen and oxygen atoms in total. The SMILES string of the molecule is CC(C)(C)OC(=O)N[C@@H](Cc1ccc(OC(=O)c2c(Cl)cccc2Cl)cc1)C(=O)NCC(=O)NCC(=O)N[C@@H](Cc1ccccc1)C(=O)NCC(N)=O. The van der Waals surface area contributed by atoms with E-state index in [-0.39, 0.29) is 34.2 Å². The highest BCUT2D eigenvalue weighted by atomic mass is 35.5. The molecule has 6 amide bonds. The average molecular weight is 772 g/mol. The fourth-order valence-corrected chi connectivity index (χ4v) is 5.12. The van der Waals surface area contributed by atoms with Gasteiger partial charge in [0.05, 0.1) is 35.2 Å². The Labute approximate surface area is 315 Å². The van der Waals surface area contributed by atoms with Gasteiger partial charge in [0.1, 0.15) is 23.4 Å². The van der Waals surface area contributed by atoms with Crippen molar-refractivity contribution in [1.29, 1.82) is 0 Å². The zero-order valence-electron chi connectivity index (χ0n) is 29.1. The highest BCUT2D eigenvalue weighted by Gasteiger charge is 2.26. The lowest BCUT2D eigenvalue weighted by molar-refractivity contribution is -0.131. The monoisotopic (exact) mass is 770 g/mol. The Hall–Kier alpha value is -5.67. The number of hydrogen-bond acceptors (Lipinski definition) is 9. The Kier molecular flexibility index (Phi) is 15.6. The van der Waals surface area contributed by atoms with Crippen LogP contribution in [0.5, 0.6) is 5.75 Å². The smallest absolute Gasteiger partial charge is 0.408 e. The van der Waals surface area contributed by atoms with Crippen LogP contribution in [0.25, 0.3) is 0 Å². The van der Waals surface area contributed by atoms with Crippen molar-refractivity contribution >= 4 is 64.8 Å². The molecule has 0 spiro atoms. The van der Waals surface area contributed by atoms with Crippen molar-refractivity contribution in [1.82, 2.24) is 26.6 Å². The summed E-state index contributed by atoms with van der Waals surface area (Å²) in [7, 11) is 0. The van der Waals surface area contributed by atoms with E-state index in [9.17, 15) is 33.6 Å². The summed E-state index contributed by atoms with van der Waals surface area (Å²) >= 11 is 12.2. The van der Waals surface area contributed by atoms with E-state index in [1.165, 1.54) is 24.3 Å². The van der Waals surface area contributed by atoms with Crippen molar-refractivity contribution in [2.24, 2.45) is 5.73 Å². The Morgan fingerprint density at radius 3 is 1.75 bits per heavy atom. The molecule has 2 atom stereocenters. The van der Waals surface area contributed by atoms with Gasteiger partial charge in [0.2, 0.25) is 29.5 Å². The van der Waals surface area contributed by atoms with Crippen molar-refractivity contribution in [3.05, 3.63) is 99.5 Å². The molecular formula is C36H40Cl2N6O9. The van der Waals surface area contributed by atoms with Crippen molar-refractivity contribution in [3.63, 3.8) is 0 Å². The molecule has 282 valence electrons. The fraction of sp³-hybridized carbons (Fsp3) is 0.306. The van der Waals surface area contributed by atoms with E-state index < -0.39 is 78.9 Å². The van der Waals surface area contributed by atoms with Crippen molar-refractivity contribution in [2.45, 2.75) is 51.3 Å². The quantitative estimate of drug-likeness (QED) is 0.0927. The summed E-state index contributed by atoms with van der Waals surface area (Å²) in [4.78, 5) is 87.5. The minimum atomic E-state index is -1.21. The maximum Gasteiger partial charge on any atom is 0.408 e. The van der Waals surface area contributed by atoms with Crippen LogP contribution >= 0.6 is 23.2 Å². The number of nitrogens with two attached hydrogens (primary N) is 1. The molecule has 0 heterocycles. The lowest BCUT2D eigenvalue weighted by Crippen LogP contribution is -2.53. The summed E-state index contributed by atoms with van der Waals surface area (Å²) in [6.45, 7) is 3.41. The fourth-order valence-electron chi connectivity index (χ4n) is 4.57. The molecule has 0 saturated carbocycles. The van der Waals surface area contributed by atoms with Crippen LogP contribution in [0.3, 0.4) is 0 Å². The number of nitrogens with one attached hydrogen (secondary N) is 5. The van der Waals surface area contributed by atoms with Crippen molar-refractivity contribution in [2.75, 3.05) is 19.6 Å². The van der Waals surface area contributed by atoms with Crippen LogP contribution in [-0.2, 0) is 41.6 Å². The third kappa shape index (κ3) is 14.8. The summed E-state index contributed by atoms with van der Waals surface area (Å²) in [6.07, 6.45) is -0.843. The zero-order chi connectivity index (χ0) is 39.1. The highest BCUT2D eigenvalue weighted by Crippen LogP contribution is 2.26. The van der Waals surface area contributed by atoms with Crippen LogP contribution in [0.1, 0.15) is 42.3 Å².